The zero-order valence-electron chi connectivity index (χ0n) is 17.2. The van der Waals surface area contributed by atoms with Crippen LogP contribution in [0.1, 0.15) is 97.3 Å². The van der Waals surface area contributed by atoms with Gasteiger partial charge in [0.05, 0.1) is 6.61 Å². The second kappa shape index (κ2) is 19.2. The first-order valence-electron chi connectivity index (χ1n) is 10.5. The molecule has 0 aromatic carbocycles. The van der Waals surface area contributed by atoms with Gasteiger partial charge in [0.2, 0.25) is 0 Å². The largest absolute Gasteiger partial charge is 0.468 e. The third-order valence-electron chi connectivity index (χ3n) is 4.32. The van der Waals surface area contributed by atoms with Crippen molar-refractivity contribution in [3.05, 3.63) is 0 Å². The van der Waals surface area contributed by atoms with Crippen LogP contribution in [0.2, 0.25) is 0 Å². The molecule has 1 unspecified atom stereocenters. The standard InChI is InChI=1S/C21H38O6/c1-3-5-7-9-11-13-20(23)26-17-19(15-16-25-18-22)27-21(24)14-12-10-8-6-4-2/h18-19H,3-17H2,1-2H3. The maximum atomic E-state index is 12.0. The Bertz CT molecular complexity index is 383. The normalized spacial score (nSPS) is 11.6. The molecular weight excluding hydrogens is 348 g/mol. The lowest BCUT2D eigenvalue weighted by Crippen LogP contribution is -2.26. The Balaban J connectivity index is 4.08. The van der Waals surface area contributed by atoms with Crippen molar-refractivity contribution in [2.24, 2.45) is 0 Å². The van der Waals surface area contributed by atoms with Crippen molar-refractivity contribution >= 4 is 18.4 Å². The molecule has 0 bridgehead atoms. The highest BCUT2D eigenvalue weighted by atomic mass is 16.6. The number of carbonyl (C=O) groups is 3. The van der Waals surface area contributed by atoms with Gasteiger partial charge in [-0.05, 0) is 12.8 Å². The van der Waals surface area contributed by atoms with E-state index >= 15 is 0 Å². The quantitative estimate of drug-likeness (QED) is 0.138. The lowest BCUT2D eigenvalue weighted by Gasteiger charge is -2.17. The second-order valence-corrected chi connectivity index (χ2v) is 6.88. The van der Waals surface area contributed by atoms with E-state index in [1.54, 1.807) is 0 Å². The van der Waals surface area contributed by atoms with E-state index in [1.807, 2.05) is 0 Å². The highest BCUT2D eigenvalue weighted by Gasteiger charge is 2.17. The van der Waals surface area contributed by atoms with Crippen LogP contribution in [0.5, 0.6) is 0 Å². The third-order valence-corrected chi connectivity index (χ3v) is 4.32. The fraction of sp³-hybridized carbons (Fsp3) is 0.857. The summed E-state index contributed by atoms with van der Waals surface area (Å²) in [4.78, 5) is 34.1. The van der Waals surface area contributed by atoms with Crippen LogP contribution in [0.25, 0.3) is 0 Å². The second-order valence-electron chi connectivity index (χ2n) is 6.88. The molecule has 158 valence electrons. The summed E-state index contributed by atoms with van der Waals surface area (Å²) in [5, 5.41) is 0. The first kappa shape index (κ1) is 25.4. The van der Waals surface area contributed by atoms with E-state index in [2.05, 4.69) is 18.6 Å². The van der Waals surface area contributed by atoms with Crippen molar-refractivity contribution in [2.45, 2.75) is 103 Å². The Labute approximate surface area is 164 Å². The molecule has 0 spiro atoms. The van der Waals surface area contributed by atoms with Gasteiger partial charge in [-0.1, -0.05) is 65.2 Å². The van der Waals surface area contributed by atoms with Crippen molar-refractivity contribution in [3.8, 4) is 0 Å². The first-order chi connectivity index (χ1) is 13.1. The van der Waals surface area contributed by atoms with Gasteiger partial charge in [0.15, 0.2) is 0 Å². The molecule has 0 radical (unpaired) electrons. The van der Waals surface area contributed by atoms with E-state index in [0.29, 0.717) is 25.7 Å². The van der Waals surface area contributed by atoms with Gasteiger partial charge in [-0.3, -0.25) is 14.4 Å². The summed E-state index contributed by atoms with van der Waals surface area (Å²) in [6.45, 7) is 4.79. The minimum atomic E-state index is -0.572. The van der Waals surface area contributed by atoms with Gasteiger partial charge < -0.3 is 14.2 Å². The fourth-order valence-corrected chi connectivity index (χ4v) is 2.67. The summed E-state index contributed by atoms with van der Waals surface area (Å²) in [6, 6.07) is 0. The molecule has 6 heteroatoms. The fourth-order valence-electron chi connectivity index (χ4n) is 2.67. The average molecular weight is 387 g/mol. The molecule has 0 amide bonds. The van der Waals surface area contributed by atoms with Gasteiger partial charge in [0.1, 0.15) is 12.7 Å². The van der Waals surface area contributed by atoms with Crippen LogP contribution in [-0.2, 0) is 28.6 Å². The number of unbranched alkanes of at least 4 members (excludes halogenated alkanes) is 8. The Morgan fingerprint density at radius 2 is 1.37 bits per heavy atom. The van der Waals surface area contributed by atoms with E-state index in [0.717, 1.165) is 44.9 Å². The SMILES string of the molecule is CCCCCCCC(=O)OCC(CCOC=O)OC(=O)CCCCCCC. The van der Waals surface area contributed by atoms with Crippen LogP contribution in [0, 0.1) is 0 Å². The molecule has 0 aliphatic rings. The average Bonchev–Trinajstić information content (AvgIpc) is 2.65. The number of hydrogen-bond donors (Lipinski definition) is 0. The maximum Gasteiger partial charge on any atom is 0.306 e. The Kier molecular flexibility index (Phi) is 18.0. The molecule has 0 fully saturated rings. The third kappa shape index (κ3) is 17.6. The molecule has 0 saturated carbocycles. The van der Waals surface area contributed by atoms with Crippen LogP contribution in [-0.4, -0.2) is 37.7 Å². The van der Waals surface area contributed by atoms with Crippen molar-refractivity contribution in [3.63, 3.8) is 0 Å². The highest BCUT2D eigenvalue weighted by Crippen LogP contribution is 2.10. The van der Waals surface area contributed by atoms with Crippen LogP contribution < -0.4 is 0 Å². The lowest BCUT2D eigenvalue weighted by molar-refractivity contribution is -0.160. The zero-order chi connectivity index (χ0) is 20.2. The predicted octanol–water partition coefficient (Wildman–Crippen LogP) is 4.73. The van der Waals surface area contributed by atoms with Crippen molar-refractivity contribution < 1.29 is 28.6 Å². The van der Waals surface area contributed by atoms with Crippen molar-refractivity contribution in [1.29, 1.82) is 0 Å². The van der Waals surface area contributed by atoms with Gasteiger partial charge in [0, 0.05) is 19.3 Å². The number of hydrogen-bond acceptors (Lipinski definition) is 6. The predicted molar refractivity (Wildman–Crippen MR) is 104 cm³/mol. The highest BCUT2D eigenvalue weighted by molar-refractivity contribution is 5.70. The van der Waals surface area contributed by atoms with Gasteiger partial charge in [-0.2, -0.15) is 0 Å². The Morgan fingerprint density at radius 3 is 1.93 bits per heavy atom. The molecule has 0 aliphatic carbocycles. The Morgan fingerprint density at radius 1 is 0.815 bits per heavy atom. The molecule has 0 aromatic heterocycles. The van der Waals surface area contributed by atoms with E-state index in [-0.39, 0.29) is 25.2 Å². The van der Waals surface area contributed by atoms with Crippen molar-refractivity contribution in [1.82, 2.24) is 0 Å². The van der Waals surface area contributed by atoms with Crippen molar-refractivity contribution in [2.75, 3.05) is 13.2 Å². The smallest absolute Gasteiger partial charge is 0.306 e. The summed E-state index contributed by atoms with van der Waals surface area (Å²) in [6.07, 6.45) is 11.1. The van der Waals surface area contributed by atoms with Gasteiger partial charge in [-0.25, -0.2) is 0 Å². The topological polar surface area (TPSA) is 78.9 Å². The number of ether oxygens (including phenoxy) is 3. The number of carbonyl (C=O) groups excluding carboxylic acids is 3. The molecular formula is C21H38O6. The van der Waals surface area contributed by atoms with E-state index in [1.165, 1.54) is 19.3 Å². The summed E-state index contributed by atoms with van der Waals surface area (Å²) in [5.41, 5.74) is 0. The van der Waals surface area contributed by atoms with Gasteiger partial charge in [-0.15, -0.1) is 0 Å². The first-order valence-corrected chi connectivity index (χ1v) is 10.5. The van der Waals surface area contributed by atoms with E-state index in [4.69, 9.17) is 9.47 Å². The summed E-state index contributed by atoms with van der Waals surface area (Å²) in [5.74, 6) is -0.568. The summed E-state index contributed by atoms with van der Waals surface area (Å²) < 4.78 is 15.3. The molecule has 0 rings (SSSR count). The lowest BCUT2D eigenvalue weighted by atomic mass is 10.1. The Hall–Kier alpha value is -1.59. The molecule has 6 nitrogen and oxygen atoms in total. The van der Waals surface area contributed by atoms with E-state index in [9.17, 15) is 14.4 Å². The maximum absolute atomic E-state index is 12.0. The summed E-state index contributed by atoms with van der Waals surface area (Å²) in [7, 11) is 0. The minimum Gasteiger partial charge on any atom is -0.468 e. The molecule has 1 atom stereocenters. The van der Waals surface area contributed by atoms with Crippen LogP contribution >= 0.6 is 0 Å². The monoisotopic (exact) mass is 386 g/mol. The number of esters is 2. The molecule has 0 aliphatic heterocycles. The molecule has 27 heavy (non-hydrogen) atoms. The van der Waals surface area contributed by atoms with Crippen LogP contribution in [0.15, 0.2) is 0 Å². The molecule has 0 heterocycles. The van der Waals surface area contributed by atoms with Crippen LogP contribution in [0.3, 0.4) is 0 Å². The van der Waals surface area contributed by atoms with E-state index < -0.39 is 6.10 Å². The minimum absolute atomic E-state index is 0.0115. The molecule has 0 aromatic rings. The molecule has 0 saturated heterocycles. The summed E-state index contributed by atoms with van der Waals surface area (Å²) >= 11 is 0. The zero-order valence-corrected chi connectivity index (χ0v) is 17.2. The van der Waals surface area contributed by atoms with Gasteiger partial charge in [0.25, 0.3) is 6.47 Å². The molecule has 0 N–H and O–H groups in total. The number of rotatable bonds is 19. The van der Waals surface area contributed by atoms with Gasteiger partial charge >= 0.3 is 11.9 Å². The van der Waals surface area contributed by atoms with Crippen LogP contribution in [0.4, 0.5) is 0 Å².